The highest BCUT2D eigenvalue weighted by atomic mass is 35.5. The minimum absolute atomic E-state index is 0.0162. The van der Waals surface area contributed by atoms with Gasteiger partial charge in [-0.3, -0.25) is 5.41 Å². The number of halogens is 1. The van der Waals surface area contributed by atoms with Gasteiger partial charge in [0.1, 0.15) is 5.84 Å². The standard InChI is InChI=1S/C17H28ClN3/c1-12(2)7-9-21(10-8-13(3)4)14-5-6-15(17(19)20)16(18)11-14/h5-6,11-13H,7-10H2,1-4H3,(H3,19,20). The molecule has 118 valence electrons. The summed E-state index contributed by atoms with van der Waals surface area (Å²) in [4.78, 5) is 2.38. The van der Waals surface area contributed by atoms with Crippen LogP contribution in [0.2, 0.25) is 5.02 Å². The molecule has 21 heavy (non-hydrogen) atoms. The summed E-state index contributed by atoms with van der Waals surface area (Å²) in [5.41, 5.74) is 7.24. The Hall–Kier alpha value is -1.22. The molecule has 3 N–H and O–H groups in total. The SMILES string of the molecule is CC(C)CCN(CCC(C)C)c1ccc(C(=N)N)c(Cl)c1. The highest BCUT2D eigenvalue weighted by Gasteiger charge is 2.11. The normalized spacial score (nSPS) is 11.2. The van der Waals surface area contributed by atoms with Crippen LogP contribution >= 0.6 is 11.6 Å². The zero-order chi connectivity index (χ0) is 16.0. The smallest absolute Gasteiger partial charge is 0.124 e. The van der Waals surface area contributed by atoms with E-state index in [1.54, 1.807) is 0 Å². The third kappa shape index (κ3) is 5.96. The minimum Gasteiger partial charge on any atom is -0.384 e. The van der Waals surface area contributed by atoms with Crippen molar-refractivity contribution < 1.29 is 0 Å². The molecule has 3 nitrogen and oxygen atoms in total. The van der Waals surface area contributed by atoms with Crippen LogP contribution in [0.1, 0.15) is 46.1 Å². The molecule has 0 aliphatic rings. The van der Waals surface area contributed by atoms with Crippen LogP contribution < -0.4 is 10.6 Å². The molecule has 0 aliphatic heterocycles. The number of hydrogen-bond acceptors (Lipinski definition) is 2. The van der Waals surface area contributed by atoms with Crippen LogP contribution in [0.4, 0.5) is 5.69 Å². The van der Waals surface area contributed by atoms with E-state index in [9.17, 15) is 0 Å². The molecule has 0 aliphatic carbocycles. The van der Waals surface area contributed by atoms with Gasteiger partial charge in [-0.05, 0) is 42.9 Å². The van der Waals surface area contributed by atoms with Gasteiger partial charge in [-0.15, -0.1) is 0 Å². The number of amidine groups is 1. The third-order valence-corrected chi connectivity index (χ3v) is 3.87. The van der Waals surface area contributed by atoms with Crippen LogP contribution in [0.25, 0.3) is 0 Å². The largest absolute Gasteiger partial charge is 0.384 e. The second kappa shape index (κ2) is 8.28. The van der Waals surface area contributed by atoms with E-state index in [1.165, 1.54) is 0 Å². The first-order valence-corrected chi connectivity index (χ1v) is 8.08. The van der Waals surface area contributed by atoms with Gasteiger partial charge in [0.2, 0.25) is 0 Å². The lowest BCUT2D eigenvalue weighted by atomic mass is 10.1. The van der Waals surface area contributed by atoms with E-state index in [2.05, 4.69) is 32.6 Å². The zero-order valence-electron chi connectivity index (χ0n) is 13.6. The number of nitrogens with zero attached hydrogens (tertiary/aromatic N) is 1. The molecule has 0 amide bonds. The van der Waals surface area contributed by atoms with Gasteiger partial charge in [0, 0.05) is 24.3 Å². The Morgan fingerprint density at radius 3 is 2.05 bits per heavy atom. The van der Waals surface area contributed by atoms with E-state index in [4.69, 9.17) is 22.7 Å². The van der Waals surface area contributed by atoms with Crippen molar-refractivity contribution in [3.8, 4) is 0 Å². The molecule has 0 atom stereocenters. The van der Waals surface area contributed by atoms with Gasteiger partial charge in [0.05, 0.1) is 5.02 Å². The van der Waals surface area contributed by atoms with Crippen molar-refractivity contribution in [1.82, 2.24) is 0 Å². The Labute approximate surface area is 134 Å². The predicted octanol–water partition coefficient (Wildman–Crippen LogP) is 4.52. The van der Waals surface area contributed by atoms with Crippen molar-refractivity contribution in [2.75, 3.05) is 18.0 Å². The quantitative estimate of drug-likeness (QED) is 0.548. The van der Waals surface area contributed by atoms with Crippen LogP contribution in [-0.2, 0) is 0 Å². The van der Waals surface area contributed by atoms with Crippen molar-refractivity contribution in [3.63, 3.8) is 0 Å². The van der Waals surface area contributed by atoms with Crippen LogP contribution in [-0.4, -0.2) is 18.9 Å². The number of anilines is 1. The monoisotopic (exact) mass is 309 g/mol. The summed E-state index contributed by atoms with van der Waals surface area (Å²) in [7, 11) is 0. The van der Waals surface area contributed by atoms with Crippen molar-refractivity contribution in [2.45, 2.75) is 40.5 Å². The summed E-state index contributed by atoms with van der Waals surface area (Å²) < 4.78 is 0. The van der Waals surface area contributed by atoms with Gasteiger partial charge >= 0.3 is 0 Å². The maximum atomic E-state index is 7.51. The van der Waals surface area contributed by atoms with E-state index in [-0.39, 0.29) is 5.84 Å². The lowest BCUT2D eigenvalue weighted by Crippen LogP contribution is -2.27. The molecule has 0 heterocycles. The molecule has 0 aromatic heterocycles. The molecule has 0 bridgehead atoms. The molecule has 0 radical (unpaired) electrons. The number of benzene rings is 1. The number of nitrogen functional groups attached to an aromatic ring is 1. The minimum atomic E-state index is 0.0162. The van der Waals surface area contributed by atoms with Crippen molar-refractivity contribution >= 4 is 23.1 Å². The van der Waals surface area contributed by atoms with Gasteiger partial charge in [0.25, 0.3) is 0 Å². The molecule has 0 unspecified atom stereocenters. The molecular weight excluding hydrogens is 282 g/mol. The summed E-state index contributed by atoms with van der Waals surface area (Å²) in [5.74, 6) is 1.37. The molecule has 1 aromatic carbocycles. The summed E-state index contributed by atoms with van der Waals surface area (Å²) >= 11 is 6.25. The second-order valence-electron chi connectivity index (χ2n) is 6.43. The van der Waals surface area contributed by atoms with Gasteiger partial charge < -0.3 is 10.6 Å². The molecule has 1 aromatic rings. The Morgan fingerprint density at radius 2 is 1.67 bits per heavy atom. The Morgan fingerprint density at radius 1 is 1.14 bits per heavy atom. The summed E-state index contributed by atoms with van der Waals surface area (Å²) in [6, 6.07) is 5.79. The van der Waals surface area contributed by atoms with Crippen molar-refractivity contribution in [1.29, 1.82) is 5.41 Å². The van der Waals surface area contributed by atoms with E-state index >= 15 is 0 Å². The highest BCUT2D eigenvalue weighted by Crippen LogP contribution is 2.25. The maximum absolute atomic E-state index is 7.51. The average Bonchev–Trinajstić information content (AvgIpc) is 2.37. The first-order valence-electron chi connectivity index (χ1n) is 7.70. The predicted molar refractivity (Wildman–Crippen MR) is 93.6 cm³/mol. The molecule has 0 saturated heterocycles. The average molecular weight is 310 g/mol. The van der Waals surface area contributed by atoms with Crippen molar-refractivity contribution in [3.05, 3.63) is 28.8 Å². The fourth-order valence-electron chi connectivity index (χ4n) is 2.12. The third-order valence-electron chi connectivity index (χ3n) is 3.56. The van der Waals surface area contributed by atoms with E-state index in [0.717, 1.165) is 31.6 Å². The topological polar surface area (TPSA) is 53.1 Å². The number of rotatable bonds is 8. The van der Waals surface area contributed by atoms with Crippen molar-refractivity contribution in [2.24, 2.45) is 17.6 Å². The first-order chi connectivity index (χ1) is 9.81. The van der Waals surface area contributed by atoms with Gasteiger partial charge in [-0.2, -0.15) is 0 Å². The lowest BCUT2D eigenvalue weighted by Gasteiger charge is -2.27. The van der Waals surface area contributed by atoms with Crippen LogP contribution in [0.5, 0.6) is 0 Å². The maximum Gasteiger partial charge on any atom is 0.124 e. The molecule has 0 fully saturated rings. The Bertz CT molecular complexity index is 457. The van der Waals surface area contributed by atoms with Crippen LogP contribution in [0.3, 0.4) is 0 Å². The van der Waals surface area contributed by atoms with Gasteiger partial charge in [0.15, 0.2) is 0 Å². The molecular formula is C17H28ClN3. The molecule has 0 saturated carbocycles. The fourth-order valence-corrected chi connectivity index (χ4v) is 2.39. The van der Waals surface area contributed by atoms with Crippen LogP contribution in [0, 0.1) is 17.2 Å². The Kier molecular flexibility index (Phi) is 7.03. The van der Waals surface area contributed by atoms with Crippen LogP contribution in [0.15, 0.2) is 18.2 Å². The molecule has 1 rings (SSSR count). The number of hydrogen-bond donors (Lipinski definition) is 2. The number of nitrogens with two attached hydrogens (primary N) is 1. The number of nitrogens with one attached hydrogen (secondary N) is 1. The van der Waals surface area contributed by atoms with E-state index < -0.39 is 0 Å². The van der Waals surface area contributed by atoms with E-state index in [1.807, 2.05) is 18.2 Å². The molecule has 0 spiro atoms. The molecule has 4 heteroatoms. The fraction of sp³-hybridized carbons (Fsp3) is 0.588. The summed E-state index contributed by atoms with van der Waals surface area (Å²) in [5, 5.41) is 8.06. The first kappa shape index (κ1) is 17.8. The van der Waals surface area contributed by atoms with Gasteiger partial charge in [-0.25, -0.2) is 0 Å². The lowest BCUT2D eigenvalue weighted by molar-refractivity contribution is 0.535. The van der Waals surface area contributed by atoms with Gasteiger partial charge in [-0.1, -0.05) is 39.3 Å². The highest BCUT2D eigenvalue weighted by molar-refractivity contribution is 6.34. The summed E-state index contributed by atoms with van der Waals surface area (Å²) in [6.45, 7) is 11.0. The zero-order valence-corrected chi connectivity index (χ0v) is 14.4. The van der Waals surface area contributed by atoms with E-state index in [0.29, 0.717) is 22.4 Å². The Balaban J connectivity index is 2.90. The second-order valence-corrected chi connectivity index (χ2v) is 6.84. The summed E-state index contributed by atoms with van der Waals surface area (Å²) in [6.07, 6.45) is 2.31.